The summed E-state index contributed by atoms with van der Waals surface area (Å²) in [6, 6.07) is 14.8. The standard InChI is InChI=1S/C21H25N7O3S/c1-4-30-21(32-5-2)20(29)23-17-13-9-12-16(22-17)14-31-25-18(15-10-7-6-8-11-15)19-24-26-27-28(19)3/h6-13,21H,4-5,14H2,1-3H3,(H,22,23,29). The average Bonchev–Trinajstić information content (AvgIpc) is 3.23. The van der Waals surface area contributed by atoms with Gasteiger partial charge in [0, 0.05) is 19.2 Å². The maximum absolute atomic E-state index is 12.5. The minimum Gasteiger partial charge on any atom is -0.389 e. The number of nitrogens with zero attached hydrogens (tertiary/aromatic N) is 6. The van der Waals surface area contributed by atoms with Crippen LogP contribution < -0.4 is 5.32 Å². The molecular formula is C21H25N7O3S. The summed E-state index contributed by atoms with van der Waals surface area (Å²) in [4.78, 5) is 22.5. The Labute approximate surface area is 190 Å². The molecule has 2 aromatic heterocycles. The Hall–Kier alpha value is -3.31. The van der Waals surface area contributed by atoms with Crippen LogP contribution >= 0.6 is 11.8 Å². The second kappa shape index (κ2) is 11.9. The van der Waals surface area contributed by atoms with Crippen molar-refractivity contribution in [2.45, 2.75) is 25.9 Å². The number of tetrazole rings is 1. The predicted octanol–water partition coefficient (Wildman–Crippen LogP) is 2.63. The number of aromatic nitrogens is 5. The first-order chi connectivity index (χ1) is 15.6. The van der Waals surface area contributed by atoms with Crippen LogP contribution in [0.4, 0.5) is 5.82 Å². The number of hydrogen-bond acceptors (Lipinski definition) is 9. The first-order valence-electron chi connectivity index (χ1n) is 10.1. The number of rotatable bonds is 11. The lowest BCUT2D eigenvalue weighted by Gasteiger charge is -2.15. The van der Waals surface area contributed by atoms with Gasteiger partial charge < -0.3 is 14.9 Å². The third-order valence-corrected chi connectivity index (χ3v) is 5.14. The van der Waals surface area contributed by atoms with Gasteiger partial charge in [-0.15, -0.1) is 16.9 Å². The van der Waals surface area contributed by atoms with Crippen molar-refractivity contribution in [2.75, 3.05) is 17.7 Å². The highest BCUT2D eigenvalue weighted by atomic mass is 32.2. The molecule has 0 bridgehead atoms. The monoisotopic (exact) mass is 455 g/mol. The van der Waals surface area contributed by atoms with Crippen molar-refractivity contribution in [2.24, 2.45) is 12.2 Å². The molecule has 2 heterocycles. The predicted molar refractivity (Wildman–Crippen MR) is 122 cm³/mol. The number of anilines is 1. The molecule has 0 aliphatic rings. The fraction of sp³-hybridized carbons (Fsp3) is 0.333. The summed E-state index contributed by atoms with van der Waals surface area (Å²) in [5.74, 6) is 1.41. The molecule has 1 atom stereocenters. The average molecular weight is 456 g/mol. The molecular weight excluding hydrogens is 430 g/mol. The van der Waals surface area contributed by atoms with Gasteiger partial charge in [-0.2, -0.15) is 0 Å². The summed E-state index contributed by atoms with van der Waals surface area (Å²) >= 11 is 1.42. The van der Waals surface area contributed by atoms with Crippen molar-refractivity contribution in [3.05, 3.63) is 65.6 Å². The number of carbonyl (C=O) groups excluding carboxylic acids is 1. The van der Waals surface area contributed by atoms with E-state index in [2.05, 4.69) is 31.0 Å². The lowest BCUT2D eigenvalue weighted by molar-refractivity contribution is -0.122. The molecule has 1 aromatic carbocycles. The molecule has 0 radical (unpaired) electrons. The van der Waals surface area contributed by atoms with Crippen LogP contribution in [0.25, 0.3) is 0 Å². The lowest BCUT2D eigenvalue weighted by atomic mass is 10.1. The second-order valence-electron chi connectivity index (χ2n) is 6.45. The number of nitrogens with one attached hydrogen (secondary N) is 1. The quantitative estimate of drug-likeness (QED) is 0.266. The van der Waals surface area contributed by atoms with Crippen LogP contribution in [0.2, 0.25) is 0 Å². The van der Waals surface area contributed by atoms with Gasteiger partial charge in [-0.25, -0.2) is 9.67 Å². The van der Waals surface area contributed by atoms with Gasteiger partial charge in [-0.05, 0) is 35.2 Å². The minimum atomic E-state index is -0.579. The highest BCUT2D eigenvalue weighted by Gasteiger charge is 2.19. The Morgan fingerprint density at radius 2 is 2.00 bits per heavy atom. The van der Waals surface area contributed by atoms with E-state index in [0.29, 0.717) is 29.7 Å². The lowest BCUT2D eigenvalue weighted by Crippen LogP contribution is -2.28. The molecule has 0 fully saturated rings. The SMILES string of the molecule is CCOC(SCC)C(=O)Nc1cccc(CON=C(c2ccccc2)c2nnnn2C)n1. The number of ether oxygens (including phenoxy) is 1. The number of benzene rings is 1. The summed E-state index contributed by atoms with van der Waals surface area (Å²) in [7, 11) is 1.73. The summed E-state index contributed by atoms with van der Waals surface area (Å²) < 4.78 is 7.01. The van der Waals surface area contributed by atoms with Gasteiger partial charge in [0.1, 0.15) is 5.82 Å². The van der Waals surface area contributed by atoms with Gasteiger partial charge in [-0.3, -0.25) is 4.79 Å². The van der Waals surface area contributed by atoms with Gasteiger partial charge in [0.25, 0.3) is 5.91 Å². The number of pyridine rings is 1. The fourth-order valence-electron chi connectivity index (χ4n) is 2.73. The maximum atomic E-state index is 12.5. The van der Waals surface area contributed by atoms with Crippen LogP contribution in [0, 0.1) is 0 Å². The summed E-state index contributed by atoms with van der Waals surface area (Å²) in [5.41, 5.74) is 1.34. The molecule has 0 aliphatic heterocycles. The summed E-state index contributed by atoms with van der Waals surface area (Å²) in [6.07, 6.45) is 0. The van der Waals surface area contributed by atoms with Crippen LogP contribution in [0.5, 0.6) is 0 Å². The highest BCUT2D eigenvalue weighted by molar-refractivity contribution is 8.00. The fourth-order valence-corrected chi connectivity index (χ4v) is 3.47. The normalized spacial score (nSPS) is 12.4. The molecule has 3 aromatic rings. The Bertz CT molecular complexity index is 1040. The number of oxime groups is 1. The van der Waals surface area contributed by atoms with Gasteiger partial charge in [0.15, 0.2) is 17.8 Å². The minimum absolute atomic E-state index is 0.101. The van der Waals surface area contributed by atoms with Crippen LogP contribution in [0.1, 0.15) is 30.9 Å². The third kappa shape index (κ3) is 6.34. The van der Waals surface area contributed by atoms with E-state index >= 15 is 0 Å². The molecule has 1 amide bonds. The van der Waals surface area contributed by atoms with Crippen molar-refractivity contribution in [1.29, 1.82) is 0 Å². The Kier molecular flexibility index (Phi) is 8.70. The first kappa shape index (κ1) is 23.4. The second-order valence-corrected chi connectivity index (χ2v) is 7.79. The van der Waals surface area contributed by atoms with E-state index in [9.17, 15) is 4.79 Å². The van der Waals surface area contributed by atoms with Crippen molar-refractivity contribution in [3.63, 3.8) is 0 Å². The molecule has 168 valence electrons. The molecule has 0 aliphatic carbocycles. The molecule has 32 heavy (non-hydrogen) atoms. The van der Waals surface area contributed by atoms with Gasteiger partial charge in [-0.1, -0.05) is 48.5 Å². The Morgan fingerprint density at radius 3 is 2.69 bits per heavy atom. The third-order valence-electron chi connectivity index (χ3n) is 4.16. The van der Waals surface area contributed by atoms with Crippen molar-refractivity contribution < 1.29 is 14.4 Å². The zero-order chi connectivity index (χ0) is 22.8. The summed E-state index contributed by atoms with van der Waals surface area (Å²) in [6.45, 7) is 4.38. The van der Waals surface area contributed by atoms with Crippen LogP contribution in [-0.2, 0) is 28.0 Å². The van der Waals surface area contributed by atoms with Gasteiger partial charge in [0.2, 0.25) is 5.82 Å². The topological polar surface area (TPSA) is 116 Å². The summed E-state index contributed by atoms with van der Waals surface area (Å²) in [5, 5.41) is 18.6. The zero-order valence-electron chi connectivity index (χ0n) is 18.1. The van der Waals surface area contributed by atoms with E-state index in [1.807, 2.05) is 44.2 Å². The number of aryl methyl sites for hydroxylation is 1. The Balaban J connectivity index is 1.70. The molecule has 0 saturated heterocycles. The number of amides is 1. The molecule has 1 unspecified atom stereocenters. The van der Waals surface area contributed by atoms with E-state index in [0.717, 1.165) is 11.3 Å². The number of carbonyl (C=O) groups is 1. The Morgan fingerprint density at radius 1 is 1.19 bits per heavy atom. The number of thioether (sulfide) groups is 1. The van der Waals surface area contributed by atoms with E-state index in [1.54, 1.807) is 25.2 Å². The van der Waals surface area contributed by atoms with E-state index in [1.165, 1.54) is 16.4 Å². The van der Waals surface area contributed by atoms with Gasteiger partial charge in [0.05, 0.1) is 5.69 Å². The van der Waals surface area contributed by atoms with Crippen molar-refractivity contribution >= 4 is 29.2 Å². The smallest absolute Gasteiger partial charge is 0.265 e. The van der Waals surface area contributed by atoms with Crippen molar-refractivity contribution in [3.8, 4) is 0 Å². The van der Waals surface area contributed by atoms with Crippen molar-refractivity contribution in [1.82, 2.24) is 25.2 Å². The molecule has 0 saturated carbocycles. The van der Waals surface area contributed by atoms with Crippen LogP contribution in [0.3, 0.4) is 0 Å². The molecule has 1 N–H and O–H groups in total. The van der Waals surface area contributed by atoms with E-state index in [-0.39, 0.29) is 12.5 Å². The van der Waals surface area contributed by atoms with E-state index in [4.69, 9.17) is 9.57 Å². The molecule has 3 rings (SSSR count). The molecule has 11 heteroatoms. The molecule has 0 spiro atoms. The van der Waals surface area contributed by atoms with Crippen LogP contribution in [-0.4, -0.2) is 54.6 Å². The van der Waals surface area contributed by atoms with E-state index < -0.39 is 5.44 Å². The van der Waals surface area contributed by atoms with Gasteiger partial charge >= 0.3 is 0 Å². The largest absolute Gasteiger partial charge is 0.389 e. The maximum Gasteiger partial charge on any atom is 0.265 e. The first-order valence-corrected chi connectivity index (χ1v) is 11.1. The number of hydrogen-bond donors (Lipinski definition) is 1. The highest BCUT2D eigenvalue weighted by Crippen LogP contribution is 2.15. The zero-order valence-corrected chi connectivity index (χ0v) is 19.0. The molecule has 10 nitrogen and oxygen atoms in total. The van der Waals surface area contributed by atoms with Crippen LogP contribution in [0.15, 0.2) is 53.7 Å².